The number of ether oxygens (including phenoxy) is 1. The minimum Gasteiger partial charge on any atom is -0.481 e. The Balaban J connectivity index is 0. The molecule has 0 aromatic carbocycles. The van der Waals surface area contributed by atoms with Crippen molar-refractivity contribution in [1.82, 2.24) is 0 Å². The fraction of sp³-hybridized carbons (Fsp3) is 0.556. The van der Waals surface area contributed by atoms with Gasteiger partial charge in [-0.15, -0.1) is 0 Å². The lowest BCUT2D eigenvalue weighted by molar-refractivity contribution is -0.138. The number of carboxylic acid groups (broad SMARTS) is 1. The van der Waals surface area contributed by atoms with Gasteiger partial charge in [-0.05, 0) is 13.8 Å². The molecule has 4 heteroatoms. The van der Waals surface area contributed by atoms with Crippen molar-refractivity contribution in [1.29, 1.82) is 0 Å². The highest BCUT2D eigenvalue weighted by atomic mass is 16.5. The van der Waals surface area contributed by atoms with Crippen LogP contribution in [0.15, 0.2) is 12.2 Å². The Labute approximate surface area is 78.2 Å². The molecule has 0 saturated heterocycles. The summed E-state index contributed by atoms with van der Waals surface area (Å²) in [5.74, 6) is -1.06. The third-order valence-corrected chi connectivity index (χ3v) is 0.926. The molecule has 0 aromatic rings. The smallest absolute Gasteiger partial charge is 0.333 e. The maximum Gasteiger partial charge on any atom is 0.333 e. The molecule has 0 radical (unpaired) electrons. The summed E-state index contributed by atoms with van der Waals surface area (Å²) in [6.07, 6.45) is 0.222. The maximum absolute atomic E-state index is 10.4. The topological polar surface area (TPSA) is 63.6 Å². The van der Waals surface area contributed by atoms with Gasteiger partial charge in [-0.2, -0.15) is 0 Å². The summed E-state index contributed by atoms with van der Waals surface area (Å²) < 4.78 is 4.56. The normalized spacial score (nSPS) is 7.92. The van der Waals surface area contributed by atoms with Crippen LogP contribution in [-0.2, 0) is 14.3 Å². The highest BCUT2D eigenvalue weighted by Crippen LogP contribution is 1.89. The lowest BCUT2D eigenvalue weighted by Crippen LogP contribution is -2.03. The van der Waals surface area contributed by atoms with Crippen LogP contribution in [0.3, 0.4) is 0 Å². The zero-order valence-corrected chi connectivity index (χ0v) is 8.29. The molecule has 0 aliphatic rings. The first-order valence-electron chi connectivity index (χ1n) is 4.00. The number of aliphatic carboxylic acids is 1. The van der Waals surface area contributed by atoms with Crippen LogP contribution in [0.5, 0.6) is 0 Å². The lowest BCUT2D eigenvalue weighted by atomic mass is 10.4. The summed E-state index contributed by atoms with van der Waals surface area (Å²) in [5.41, 5.74) is 0.451. The van der Waals surface area contributed by atoms with E-state index in [4.69, 9.17) is 5.11 Å². The molecule has 1 N–H and O–H groups in total. The molecule has 0 spiro atoms. The third-order valence-electron chi connectivity index (χ3n) is 0.926. The number of rotatable bonds is 3. The van der Waals surface area contributed by atoms with Crippen molar-refractivity contribution < 1.29 is 19.4 Å². The van der Waals surface area contributed by atoms with Crippen LogP contribution in [0.25, 0.3) is 0 Å². The zero-order valence-electron chi connectivity index (χ0n) is 8.29. The second-order valence-corrected chi connectivity index (χ2v) is 2.25. The number of carbonyl (C=O) groups excluding carboxylic acids is 1. The summed E-state index contributed by atoms with van der Waals surface area (Å²) in [4.78, 5) is 19.8. The van der Waals surface area contributed by atoms with Gasteiger partial charge in [0.25, 0.3) is 0 Å². The van der Waals surface area contributed by atoms with Crippen LogP contribution in [0.2, 0.25) is 0 Å². The predicted molar refractivity (Wildman–Crippen MR) is 49.4 cm³/mol. The molecule has 0 heterocycles. The van der Waals surface area contributed by atoms with Gasteiger partial charge < -0.3 is 9.84 Å². The van der Waals surface area contributed by atoms with Gasteiger partial charge in [0, 0.05) is 12.0 Å². The van der Waals surface area contributed by atoms with Crippen LogP contribution < -0.4 is 0 Å². The van der Waals surface area contributed by atoms with Crippen molar-refractivity contribution in [2.45, 2.75) is 27.2 Å². The second kappa shape index (κ2) is 8.77. The van der Waals surface area contributed by atoms with Gasteiger partial charge in [0.05, 0.1) is 6.61 Å². The van der Waals surface area contributed by atoms with Crippen LogP contribution in [0, 0.1) is 0 Å². The van der Waals surface area contributed by atoms with E-state index in [1.54, 1.807) is 20.8 Å². The van der Waals surface area contributed by atoms with Gasteiger partial charge in [-0.1, -0.05) is 13.5 Å². The first-order valence-corrected chi connectivity index (χ1v) is 4.00. The number of carbonyl (C=O) groups is 2. The minimum atomic E-state index is -0.745. The molecule has 0 saturated carbocycles. The van der Waals surface area contributed by atoms with E-state index < -0.39 is 5.97 Å². The molecule has 0 fully saturated rings. The van der Waals surface area contributed by atoms with Gasteiger partial charge in [0.2, 0.25) is 0 Å². The Morgan fingerprint density at radius 2 is 1.77 bits per heavy atom. The quantitative estimate of drug-likeness (QED) is 0.539. The van der Waals surface area contributed by atoms with Gasteiger partial charge in [0.15, 0.2) is 0 Å². The average molecular weight is 188 g/mol. The first kappa shape index (κ1) is 14.2. The first-order chi connectivity index (χ1) is 5.95. The number of carboxylic acids is 1. The number of esters is 1. The van der Waals surface area contributed by atoms with E-state index in [2.05, 4.69) is 11.3 Å². The molecule has 0 unspecified atom stereocenters. The monoisotopic (exact) mass is 188 g/mol. The minimum absolute atomic E-state index is 0.222. The maximum atomic E-state index is 10.4. The standard InChI is InChI=1S/C6H10O2.C3H6O2/c1-4-8-6(7)5(2)3;1-2-3(4)5/h2,4H2,1,3H3;2H2,1H3,(H,4,5). The van der Waals surface area contributed by atoms with Crippen molar-refractivity contribution in [3.8, 4) is 0 Å². The Hall–Kier alpha value is -1.32. The third kappa shape index (κ3) is 13.6. The van der Waals surface area contributed by atoms with Crippen molar-refractivity contribution in [3.05, 3.63) is 12.2 Å². The molecule has 0 amide bonds. The molecular formula is C9H16O4. The van der Waals surface area contributed by atoms with Crippen molar-refractivity contribution in [2.75, 3.05) is 6.61 Å². The van der Waals surface area contributed by atoms with E-state index in [0.29, 0.717) is 12.2 Å². The molecule has 0 aliphatic heterocycles. The number of hydrogen-bond donors (Lipinski definition) is 1. The molecule has 0 aliphatic carbocycles. The van der Waals surface area contributed by atoms with Gasteiger partial charge >= 0.3 is 11.9 Å². The fourth-order valence-electron chi connectivity index (χ4n) is 0.254. The predicted octanol–water partition coefficient (Wildman–Crippen LogP) is 1.61. The Bertz CT molecular complexity index is 184. The summed E-state index contributed by atoms with van der Waals surface area (Å²) in [6, 6.07) is 0. The van der Waals surface area contributed by atoms with E-state index in [9.17, 15) is 9.59 Å². The summed E-state index contributed by atoms with van der Waals surface area (Å²) in [5, 5.41) is 7.72. The van der Waals surface area contributed by atoms with Crippen LogP contribution >= 0.6 is 0 Å². The molecule has 0 bridgehead atoms. The van der Waals surface area contributed by atoms with Crippen molar-refractivity contribution in [3.63, 3.8) is 0 Å². The summed E-state index contributed by atoms with van der Waals surface area (Å²) >= 11 is 0. The fourth-order valence-corrected chi connectivity index (χ4v) is 0.254. The SMILES string of the molecule is C=C(C)C(=O)OCC.CCC(=O)O. The second-order valence-electron chi connectivity index (χ2n) is 2.25. The van der Waals surface area contributed by atoms with E-state index in [1.807, 2.05) is 0 Å². The van der Waals surface area contributed by atoms with E-state index >= 15 is 0 Å². The molecule has 0 aromatic heterocycles. The molecule has 76 valence electrons. The zero-order chi connectivity index (χ0) is 10.9. The van der Waals surface area contributed by atoms with Crippen LogP contribution in [-0.4, -0.2) is 23.7 Å². The largest absolute Gasteiger partial charge is 0.481 e. The highest BCUT2D eigenvalue weighted by molar-refractivity contribution is 5.86. The van der Waals surface area contributed by atoms with E-state index in [0.717, 1.165) is 0 Å². The molecule has 4 nitrogen and oxygen atoms in total. The van der Waals surface area contributed by atoms with E-state index in [-0.39, 0.29) is 12.4 Å². The molecule has 0 rings (SSSR count). The summed E-state index contributed by atoms with van der Waals surface area (Å²) in [6.45, 7) is 8.81. The Morgan fingerprint density at radius 1 is 1.38 bits per heavy atom. The summed E-state index contributed by atoms with van der Waals surface area (Å²) in [7, 11) is 0. The molecule has 0 atom stereocenters. The lowest BCUT2D eigenvalue weighted by Gasteiger charge is -1.96. The Morgan fingerprint density at radius 3 is 1.85 bits per heavy atom. The van der Waals surface area contributed by atoms with Gasteiger partial charge in [-0.3, -0.25) is 4.79 Å². The van der Waals surface area contributed by atoms with E-state index in [1.165, 1.54) is 0 Å². The van der Waals surface area contributed by atoms with Gasteiger partial charge in [0.1, 0.15) is 0 Å². The van der Waals surface area contributed by atoms with Crippen molar-refractivity contribution in [2.24, 2.45) is 0 Å². The average Bonchev–Trinajstić information content (AvgIpc) is 2.06. The van der Waals surface area contributed by atoms with Gasteiger partial charge in [-0.25, -0.2) is 4.79 Å². The van der Waals surface area contributed by atoms with Crippen LogP contribution in [0.1, 0.15) is 27.2 Å². The molecule has 13 heavy (non-hydrogen) atoms. The van der Waals surface area contributed by atoms with Crippen molar-refractivity contribution >= 4 is 11.9 Å². The number of hydrogen-bond acceptors (Lipinski definition) is 3. The Kier molecular flexibility index (Phi) is 9.60. The van der Waals surface area contributed by atoms with Crippen LogP contribution in [0.4, 0.5) is 0 Å². The molecular weight excluding hydrogens is 172 g/mol. The highest BCUT2D eigenvalue weighted by Gasteiger charge is 1.98.